The molecule has 1 aliphatic rings. The molecule has 0 radical (unpaired) electrons. The second-order valence-electron chi connectivity index (χ2n) is 13.0. The average Bonchev–Trinajstić information content (AvgIpc) is 3.44. The topological polar surface area (TPSA) is 55.7 Å². The lowest BCUT2D eigenvalue weighted by atomic mass is 9.94. The maximum absolute atomic E-state index is 13.7. The van der Waals surface area contributed by atoms with E-state index in [4.69, 9.17) is 15.0 Å². The summed E-state index contributed by atoms with van der Waals surface area (Å²) in [5.41, 5.74) is 11.6. The van der Waals surface area contributed by atoms with Gasteiger partial charge in [-0.15, -0.1) is 0 Å². The molecule has 4 nitrogen and oxygen atoms in total. The van der Waals surface area contributed by atoms with Crippen LogP contribution in [0, 0.1) is 0 Å². The van der Waals surface area contributed by atoms with E-state index in [2.05, 4.69) is 97.1 Å². The average molecular weight is 674 g/mol. The number of nitrogens with zero attached hydrogens (tertiary/aromatic N) is 3. The van der Waals surface area contributed by atoms with Crippen LogP contribution in [0.5, 0.6) is 0 Å². The molecule has 1 atom stereocenters. The first-order chi connectivity index (χ1) is 25.0. The van der Waals surface area contributed by atoms with E-state index < -0.39 is 7.14 Å². The van der Waals surface area contributed by atoms with Crippen molar-refractivity contribution in [3.8, 4) is 78.7 Å². The Morgan fingerprint density at radius 1 is 0.333 bits per heavy atom. The Balaban J connectivity index is 1.07. The summed E-state index contributed by atoms with van der Waals surface area (Å²) in [5.74, 6) is 1.91. The van der Waals surface area contributed by atoms with Crippen LogP contribution in [0.3, 0.4) is 0 Å². The number of benzene rings is 7. The van der Waals surface area contributed by atoms with E-state index in [-0.39, 0.29) is 0 Å². The minimum Gasteiger partial charge on any atom is -0.314 e. The minimum atomic E-state index is -2.59. The summed E-state index contributed by atoms with van der Waals surface area (Å²) in [7, 11) is -2.59. The Morgan fingerprint density at radius 3 is 1.24 bits per heavy atom. The Morgan fingerprint density at radius 2 is 0.706 bits per heavy atom. The highest BCUT2D eigenvalue weighted by Crippen LogP contribution is 2.50. The number of fused-ring (bicyclic) bond motifs is 3. The zero-order valence-electron chi connectivity index (χ0n) is 27.9. The van der Waals surface area contributed by atoms with E-state index in [9.17, 15) is 4.57 Å². The summed E-state index contributed by atoms with van der Waals surface area (Å²) in [6.45, 7) is 1.88. The van der Waals surface area contributed by atoms with Gasteiger partial charge in [-0.05, 0) is 81.5 Å². The van der Waals surface area contributed by atoms with Gasteiger partial charge < -0.3 is 4.57 Å². The monoisotopic (exact) mass is 673 g/mol. The fourth-order valence-electron chi connectivity index (χ4n) is 7.04. The number of hydrogen-bond acceptors (Lipinski definition) is 4. The van der Waals surface area contributed by atoms with Gasteiger partial charge in [-0.25, -0.2) is 15.0 Å². The van der Waals surface area contributed by atoms with Crippen molar-refractivity contribution in [3.05, 3.63) is 176 Å². The van der Waals surface area contributed by atoms with E-state index >= 15 is 0 Å². The Hall–Kier alpha value is -6.22. The van der Waals surface area contributed by atoms with Crippen LogP contribution < -0.4 is 10.6 Å². The summed E-state index contributed by atoms with van der Waals surface area (Å²) < 4.78 is 13.7. The standard InChI is InChI=1S/C46H32N3OP/c1-51(50)42-24-9-8-23-40(42)41-30-38(25-26-43(41)51)36-20-11-18-34(28-36)33-17-10-19-35(27-33)37-21-12-22-39(29-37)46-48-44(31-13-4-2-5-14-31)47-45(49-46)32-15-6-3-7-16-32/h2-30H,1H3. The highest BCUT2D eigenvalue weighted by atomic mass is 31.2. The molecule has 1 unspecified atom stereocenters. The molecule has 1 aliphatic heterocycles. The predicted octanol–water partition coefficient (Wildman–Crippen LogP) is 10.8. The van der Waals surface area contributed by atoms with Crippen LogP contribution in [0.2, 0.25) is 0 Å². The summed E-state index contributed by atoms with van der Waals surface area (Å²) in [4.78, 5) is 14.7. The van der Waals surface area contributed by atoms with Crippen LogP contribution in [0.15, 0.2) is 176 Å². The molecule has 0 saturated carbocycles. The smallest absolute Gasteiger partial charge is 0.164 e. The normalized spacial score (nSPS) is 14.5. The van der Waals surface area contributed by atoms with Gasteiger partial charge in [-0.2, -0.15) is 0 Å². The molecule has 0 aliphatic carbocycles. The fraction of sp³-hybridized carbons (Fsp3) is 0.0217. The van der Waals surface area contributed by atoms with Crippen LogP contribution >= 0.6 is 7.14 Å². The van der Waals surface area contributed by atoms with Crippen molar-refractivity contribution < 1.29 is 4.57 Å². The van der Waals surface area contributed by atoms with Gasteiger partial charge in [-0.1, -0.05) is 146 Å². The first kappa shape index (κ1) is 30.8. The van der Waals surface area contributed by atoms with Crippen LogP contribution in [-0.4, -0.2) is 21.6 Å². The van der Waals surface area contributed by atoms with E-state index in [1.165, 1.54) is 0 Å². The van der Waals surface area contributed by atoms with Gasteiger partial charge in [-0.3, -0.25) is 0 Å². The lowest BCUT2D eigenvalue weighted by Crippen LogP contribution is -2.07. The molecular weight excluding hydrogens is 642 g/mol. The molecule has 0 spiro atoms. The van der Waals surface area contributed by atoms with Crippen LogP contribution in [0.1, 0.15) is 0 Å². The molecule has 7 aromatic carbocycles. The zero-order chi connectivity index (χ0) is 34.4. The molecule has 242 valence electrons. The Kier molecular flexibility index (Phi) is 7.60. The first-order valence-electron chi connectivity index (χ1n) is 17.0. The summed E-state index contributed by atoms with van der Waals surface area (Å²) in [6.07, 6.45) is 0. The Labute approximate surface area is 297 Å². The molecule has 5 heteroatoms. The lowest BCUT2D eigenvalue weighted by molar-refractivity contribution is 0.591. The van der Waals surface area contributed by atoms with Gasteiger partial charge >= 0.3 is 0 Å². The maximum atomic E-state index is 13.7. The van der Waals surface area contributed by atoms with Gasteiger partial charge in [0.05, 0.1) is 0 Å². The van der Waals surface area contributed by atoms with E-state index in [1.54, 1.807) is 0 Å². The van der Waals surface area contributed by atoms with Gasteiger partial charge in [0.1, 0.15) is 7.14 Å². The quantitative estimate of drug-likeness (QED) is 0.165. The van der Waals surface area contributed by atoms with Crippen molar-refractivity contribution in [3.63, 3.8) is 0 Å². The predicted molar refractivity (Wildman–Crippen MR) is 211 cm³/mol. The summed E-state index contributed by atoms with van der Waals surface area (Å²) in [5, 5.41) is 1.90. The second kappa shape index (κ2) is 12.6. The lowest BCUT2D eigenvalue weighted by Gasteiger charge is -2.12. The zero-order valence-corrected chi connectivity index (χ0v) is 28.8. The minimum absolute atomic E-state index is 0.629. The van der Waals surface area contributed by atoms with Crippen molar-refractivity contribution in [2.24, 2.45) is 0 Å². The van der Waals surface area contributed by atoms with Gasteiger partial charge in [0.15, 0.2) is 17.5 Å². The molecule has 0 bridgehead atoms. The van der Waals surface area contributed by atoms with Crippen molar-refractivity contribution in [2.45, 2.75) is 0 Å². The third kappa shape index (κ3) is 5.70. The van der Waals surface area contributed by atoms with Crippen LogP contribution in [0.25, 0.3) is 78.7 Å². The first-order valence-corrected chi connectivity index (χ1v) is 19.2. The number of rotatable bonds is 6. The third-order valence-electron chi connectivity index (χ3n) is 9.66. The van der Waals surface area contributed by atoms with E-state index in [0.29, 0.717) is 17.5 Å². The Bertz CT molecular complexity index is 2580. The molecule has 1 aromatic heterocycles. The molecule has 8 aromatic rings. The summed E-state index contributed by atoms with van der Waals surface area (Å²) >= 11 is 0. The highest BCUT2D eigenvalue weighted by molar-refractivity contribution is 7.79. The van der Waals surface area contributed by atoms with Crippen LogP contribution in [0.4, 0.5) is 0 Å². The van der Waals surface area contributed by atoms with Gasteiger partial charge in [0, 0.05) is 27.3 Å². The van der Waals surface area contributed by atoms with Gasteiger partial charge in [0.25, 0.3) is 0 Å². The second-order valence-corrected chi connectivity index (χ2v) is 15.8. The summed E-state index contributed by atoms with van der Waals surface area (Å²) in [6, 6.07) is 60.3. The molecular formula is C46H32N3OP. The highest BCUT2D eigenvalue weighted by Gasteiger charge is 2.34. The van der Waals surface area contributed by atoms with Crippen molar-refractivity contribution in [1.82, 2.24) is 15.0 Å². The molecule has 0 N–H and O–H groups in total. The molecule has 0 amide bonds. The van der Waals surface area contributed by atoms with Crippen LogP contribution in [-0.2, 0) is 4.57 Å². The number of hydrogen-bond donors (Lipinski definition) is 0. The van der Waals surface area contributed by atoms with E-state index in [0.717, 1.165) is 71.8 Å². The molecule has 51 heavy (non-hydrogen) atoms. The number of aromatic nitrogens is 3. The maximum Gasteiger partial charge on any atom is 0.164 e. The largest absolute Gasteiger partial charge is 0.314 e. The van der Waals surface area contributed by atoms with Gasteiger partial charge in [0.2, 0.25) is 0 Å². The van der Waals surface area contributed by atoms with Crippen molar-refractivity contribution in [2.75, 3.05) is 6.66 Å². The van der Waals surface area contributed by atoms with Crippen molar-refractivity contribution >= 4 is 17.8 Å². The molecule has 0 saturated heterocycles. The molecule has 2 heterocycles. The fourth-order valence-corrected chi connectivity index (χ4v) is 9.33. The van der Waals surface area contributed by atoms with E-state index in [1.807, 2.05) is 85.5 Å². The third-order valence-corrected chi connectivity index (χ3v) is 12.3. The van der Waals surface area contributed by atoms with Crippen molar-refractivity contribution in [1.29, 1.82) is 0 Å². The molecule has 9 rings (SSSR count). The SMILES string of the molecule is CP1(=O)c2ccccc2-c2cc(-c3cccc(-c4cccc(-c5cccc(-c6nc(-c7ccccc7)nc(-c7ccccc7)n6)c5)c4)c3)ccc21. The molecule has 0 fully saturated rings.